The Balaban J connectivity index is 1.79. The molecule has 0 unspecified atom stereocenters. The second-order valence-corrected chi connectivity index (χ2v) is 4.54. The predicted octanol–water partition coefficient (Wildman–Crippen LogP) is 2.02. The van der Waals surface area contributed by atoms with E-state index in [2.05, 4.69) is 15.4 Å². The lowest BCUT2D eigenvalue weighted by atomic mass is 9.93. The molecule has 0 saturated heterocycles. The van der Waals surface area contributed by atoms with Crippen molar-refractivity contribution in [2.45, 2.75) is 31.8 Å². The van der Waals surface area contributed by atoms with Crippen LogP contribution in [0.5, 0.6) is 0 Å². The van der Waals surface area contributed by atoms with Crippen molar-refractivity contribution in [2.24, 2.45) is 0 Å². The quantitative estimate of drug-likeness (QED) is 0.830. The molecule has 2 aromatic heterocycles. The summed E-state index contributed by atoms with van der Waals surface area (Å²) in [5, 5.41) is 8.39. The second kappa shape index (κ2) is 4.03. The maximum atomic E-state index is 6.01. The normalized spacial score (nSPS) is 16.6. The number of rotatable bonds is 3. The van der Waals surface area contributed by atoms with Gasteiger partial charge in [-0.05, 0) is 25.0 Å². The molecule has 84 valence electrons. The Kier molecular flexibility index (Phi) is 2.53. The summed E-state index contributed by atoms with van der Waals surface area (Å²) in [7, 11) is 0. The Hall–Kier alpha value is -1.13. The highest BCUT2D eigenvalue weighted by Gasteiger charge is 2.17. The molecule has 0 aromatic carbocycles. The molecule has 0 spiro atoms. The molecule has 1 saturated carbocycles. The van der Waals surface area contributed by atoms with Crippen molar-refractivity contribution in [3.63, 3.8) is 0 Å². The summed E-state index contributed by atoms with van der Waals surface area (Å²) in [4.78, 5) is 4.41. The molecule has 1 aliphatic rings. The molecule has 0 atom stereocenters. The summed E-state index contributed by atoms with van der Waals surface area (Å²) < 4.78 is 1.67. The van der Waals surface area contributed by atoms with Crippen LogP contribution < -0.4 is 5.32 Å². The van der Waals surface area contributed by atoms with E-state index in [-0.39, 0.29) is 0 Å². The summed E-state index contributed by atoms with van der Waals surface area (Å²) in [6.45, 7) is 0.725. The maximum absolute atomic E-state index is 6.01. The largest absolute Gasteiger partial charge is 0.307 e. The minimum absolute atomic E-state index is 0.597. The molecule has 0 amide bonds. The molecule has 2 heterocycles. The molecule has 0 radical (unpaired) electrons. The van der Waals surface area contributed by atoms with E-state index in [1.165, 1.54) is 19.3 Å². The summed E-state index contributed by atoms with van der Waals surface area (Å²) in [5.41, 5.74) is 0.804. The Labute approximate surface area is 98.6 Å². The summed E-state index contributed by atoms with van der Waals surface area (Å²) in [6.07, 6.45) is 3.88. The lowest BCUT2D eigenvalue weighted by Crippen LogP contribution is -2.34. The Morgan fingerprint density at radius 3 is 3.00 bits per heavy atom. The van der Waals surface area contributed by atoms with Crippen molar-refractivity contribution in [3.8, 4) is 0 Å². The summed E-state index contributed by atoms with van der Waals surface area (Å²) in [5.74, 6) is 0.806. The monoisotopic (exact) mass is 236 g/mol. The minimum Gasteiger partial charge on any atom is -0.307 e. The van der Waals surface area contributed by atoms with Gasteiger partial charge in [0.25, 0.3) is 0 Å². The smallest absolute Gasteiger partial charge is 0.165 e. The minimum atomic E-state index is 0.597. The van der Waals surface area contributed by atoms with E-state index in [4.69, 9.17) is 11.6 Å². The van der Waals surface area contributed by atoms with Gasteiger partial charge in [0.1, 0.15) is 5.15 Å². The average Bonchev–Trinajstić information content (AvgIpc) is 2.60. The fourth-order valence-corrected chi connectivity index (χ4v) is 2.04. The highest BCUT2D eigenvalue weighted by atomic mass is 35.5. The Morgan fingerprint density at radius 1 is 1.44 bits per heavy atom. The number of fused-ring (bicyclic) bond motifs is 1. The van der Waals surface area contributed by atoms with E-state index in [0.717, 1.165) is 18.0 Å². The number of halogens is 1. The first-order valence-corrected chi connectivity index (χ1v) is 5.94. The van der Waals surface area contributed by atoms with E-state index >= 15 is 0 Å². The maximum Gasteiger partial charge on any atom is 0.165 e. The fourth-order valence-electron chi connectivity index (χ4n) is 1.84. The van der Waals surface area contributed by atoms with Crippen LogP contribution in [0.3, 0.4) is 0 Å². The molecule has 5 heteroatoms. The first-order chi connectivity index (χ1) is 7.83. The molecule has 2 aromatic rings. The first kappa shape index (κ1) is 10.1. The van der Waals surface area contributed by atoms with Crippen LogP contribution in [-0.2, 0) is 6.54 Å². The van der Waals surface area contributed by atoms with Crippen molar-refractivity contribution in [1.29, 1.82) is 0 Å². The predicted molar refractivity (Wildman–Crippen MR) is 62.5 cm³/mol. The number of nitrogens with zero attached hydrogens (tertiary/aromatic N) is 3. The van der Waals surface area contributed by atoms with Gasteiger partial charge < -0.3 is 5.32 Å². The van der Waals surface area contributed by atoms with Gasteiger partial charge in [-0.2, -0.15) is 0 Å². The lowest BCUT2D eigenvalue weighted by Gasteiger charge is -2.25. The third-order valence-electron chi connectivity index (χ3n) is 3.01. The van der Waals surface area contributed by atoms with Crippen molar-refractivity contribution in [2.75, 3.05) is 0 Å². The summed E-state index contributed by atoms with van der Waals surface area (Å²) >= 11 is 6.01. The van der Waals surface area contributed by atoms with Gasteiger partial charge in [-0.1, -0.05) is 24.1 Å². The molecule has 3 rings (SSSR count). The highest BCUT2D eigenvalue weighted by molar-refractivity contribution is 6.29. The molecule has 1 N–H and O–H groups in total. The fraction of sp³-hybridized carbons (Fsp3) is 0.455. The number of hydrogen-bond acceptors (Lipinski definition) is 3. The number of nitrogens with one attached hydrogen (secondary N) is 1. The van der Waals surface area contributed by atoms with Crippen LogP contribution in [0.15, 0.2) is 18.2 Å². The topological polar surface area (TPSA) is 42.2 Å². The van der Waals surface area contributed by atoms with Crippen LogP contribution >= 0.6 is 11.6 Å². The molecule has 16 heavy (non-hydrogen) atoms. The highest BCUT2D eigenvalue weighted by Crippen LogP contribution is 2.18. The first-order valence-electron chi connectivity index (χ1n) is 5.56. The summed E-state index contributed by atoms with van der Waals surface area (Å²) in [6, 6.07) is 6.26. The van der Waals surface area contributed by atoms with Gasteiger partial charge in [0.15, 0.2) is 11.5 Å². The van der Waals surface area contributed by atoms with Gasteiger partial charge in [0.2, 0.25) is 0 Å². The van der Waals surface area contributed by atoms with E-state index in [1.807, 2.05) is 18.2 Å². The van der Waals surface area contributed by atoms with Gasteiger partial charge in [0, 0.05) is 6.04 Å². The number of hydrogen-bond donors (Lipinski definition) is 1. The van der Waals surface area contributed by atoms with Gasteiger partial charge >= 0.3 is 0 Å². The molecular weight excluding hydrogens is 224 g/mol. The van der Waals surface area contributed by atoms with Gasteiger partial charge in [-0.25, -0.2) is 9.50 Å². The van der Waals surface area contributed by atoms with Crippen molar-refractivity contribution in [1.82, 2.24) is 19.9 Å². The standard InChI is InChI=1S/C11H13ClN4/c12-9-5-2-6-11-14-10(15-16(9)11)7-13-8-3-1-4-8/h2,5-6,8,13H,1,3-4,7H2. The number of pyridine rings is 1. The zero-order chi connectivity index (χ0) is 11.0. The van der Waals surface area contributed by atoms with Crippen LogP contribution in [-0.4, -0.2) is 20.6 Å². The molecule has 1 aliphatic carbocycles. The zero-order valence-corrected chi connectivity index (χ0v) is 9.61. The van der Waals surface area contributed by atoms with Crippen LogP contribution in [0.4, 0.5) is 0 Å². The SMILES string of the molecule is Clc1cccc2nc(CNC3CCC3)nn12. The van der Waals surface area contributed by atoms with Gasteiger partial charge in [0.05, 0.1) is 6.54 Å². The Morgan fingerprint density at radius 2 is 2.31 bits per heavy atom. The third-order valence-corrected chi connectivity index (χ3v) is 3.30. The van der Waals surface area contributed by atoms with Crippen molar-refractivity contribution >= 4 is 17.2 Å². The van der Waals surface area contributed by atoms with Gasteiger partial charge in [-0.15, -0.1) is 5.10 Å². The third kappa shape index (κ3) is 1.79. The zero-order valence-electron chi connectivity index (χ0n) is 8.86. The van der Waals surface area contributed by atoms with Gasteiger partial charge in [-0.3, -0.25) is 0 Å². The Bertz CT molecular complexity index is 504. The van der Waals surface area contributed by atoms with E-state index in [9.17, 15) is 0 Å². The molecule has 0 bridgehead atoms. The van der Waals surface area contributed by atoms with Crippen LogP contribution in [0.1, 0.15) is 25.1 Å². The van der Waals surface area contributed by atoms with E-state index in [0.29, 0.717) is 11.2 Å². The van der Waals surface area contributed by atoms with Crippen molar-refractivity contribution < 1.29 is 0 Å². The van der Waals surface area contributed by atoms with E-state index in [1.54, 1.807) is 4.52 Å². The lowest BCUT2D eigenvalue weighted by molar-refractivity contribution is 0.335. The average molecular weight is 237 g/mol. The van der Waals surface area contributed by atoms with Crippen molar-refractivity contribution in [3.05, 3.63) is 29.2 Å². The van der Waals surface area contributed by atoms with Crippen LogP contribution in [0.2, 0.25) is 5.15 Å². The molecule has 0 aliphatic heterocycles. The molecule has 4 nitrogen and oxygen atoms in total. The molecule has 1 fully saturated rings. The van der Waals surface area contributed by atoms with Crippen LogP contribution in [0, 0.1) is 0 Å². The molecular formula is C11H13ClN4. The second-order valence-electron chi connectivity index (χ2n) is 4.16. The van der Waals surface area contributed by atoms with Crippen LogP contribution in [0.25, 0.3) is 5.65 Å². The van der Waals surface area contributed by atoms with E-state index < -0.39 is 0 Å². The number of aromatic nitrogens is 3.